The maximum Gasteiger partial charge on any atom is 0.146 e. The minimum Gasteiger partial charge on any atom is -0.467 e. The molecule has 1 heterocycles. The number of furan rings is 1. The van der Waals surface area contributed by atoms with E-state index < -0.39 is 0 Å². The summed E-state index contributed by atoms with van der Waals surface area (Å²) in [4.78, 5) is 0. The highest BCUT2D eigenvalue weighted by atomic mass is 79.9. The van der Waals surface area contributed by atoms with Crippen LogP contribution in [-0.2, 0) is 0 Å². The van der Waals surface area contributed by atoms with Gasteiger partial charge in [-0.3, -0.25) is 0 Å². The highest BCUT2D eigenvalue weighted by molar-refractivity contribution is 9.09. The molecule has 0 spiro atoms. The molecule has 0 aliphatic rings. The van der Waals surface area contributed by atoms with E-state index in [2.05, 4.69) is 15.9 Å². The summed E-state index contributed by atoms with van der Waals surface area (Å²) in [5.41, 5.74) is 0. The lowest BCUT2D eigenvalue weighted by Crippen LogP contribution is -1.69. The summed E-state index contributed by atoms with van der Waals surface area (Å²) in [5, 5.41) is 0. The van der Waals surface area contributed by atoms with E-state index >= 15 is 0 Å². The van der Waals surface area contributed by atoms with Crippen molar-refractivity contribution in [1.29, 1.82) is 0 Å². The molecule has 1 aromatic heterocycles. The zero-order chi connectivity index (χ0) is 5.98. The first-order valence-electron chi connectivity index (χ1n) is 2.12. The van der Waals surface area contributed by atoms with E-state index in [1.54, 1.807) is 12.3 Å². The fourth-order valence-electron chi connectivity index (χ4n) is 0.415. The smallest absolute Gasteiger partial charge is 0.146 e. The van der Waals surface area contributed by atoms with Crippen molar-refractivity contribution >= 4 is 27.5 Å². The molecule has 1 nitrogen and oxygen atoms in total. The third-order valence-electron chi connectivity index (χ3n) is 0.758. The van der Waals surface area contributed by atoms with Gasteiger partial charge in [0.25, 0.3) is 0 Å². The Morgan fingerprint density at radius 1 is 1.75 bits per heavy atom. The van der Waals surface area contributed by atoms with Crippen molar-refractivity contribution in [3.63, 3.8) is 0 Å². The van der Waals surface area contributed by atoms with Crippen LogP contribution in [0.1, 0.15) is 10.0 Å². The zero-order valence-corrected chi connectivity index (χ0v) is 6.32. The summed E-state index contributed by atoms with van der Waals surface area (Å²) in [6.07, 6.45) is 1.59. The fourth-order valence-corrected chi connectivity index (χ4v) is 0.800. The maximum absolute atomic E-state index is 5.57. The maximum atomic E-state index is 5.57. The van der Waals surface area contributed by atoms with Crippen LogP contribution >= 0.6 is 27.5 Å². The Labute approximate surface area is 60.8 Å². The molecule has 0 fully saturated rings. The summed E-state index contributed by atoms with van der Waals surface area (Å²) in [5.74, 6) is 0.742. The Kier molecular flexibility index (Phi) is 1.97. The van der Waals surface area contributed by atoms with Gasteiger partial charge in [0.2, 0.25) is 0 Å². The van der Waals surface area contributed by atoms with Crippen molar-refractivity contribution in [1.82, 2.24) is 0 Å². The molecule has 1 atom stereocenters. The standard InChI is InChI=1S/C5H4BrClO/c6-5(7)4-2-1-3-8-4/h1-3,5H. The second-order valence-corrected chi connectivity index (χ2v) is 3.20. The first-order valence-corrected chi connectivity index (χ1v) is 3.47. The molecule has 0 saturated carbocycles. The zero-order valence-electron chi connectivity index (χ0n) is 3.97. The lowest BCUT2D eigenvalue weighted by atomic mass is 10.5. The summed E-state index contributed by atoms with van der Waals surface area (Å²) in [6, 6.07) is 3.61. The van der Waals surface area contributed by atoms with Gasteiger partial charge in [0.15, 0.2) is 0 Å². The molecule has 0 aliphatic heterocycles. The van der Waals surface area contributed by atoms with Crippen LogP contribution in [0.25, 0.3) is 0 Å². The molecule has 3 heteroatoms. The normalized spacial score (nSPS) is 13.8. The molecular weight excluding hydrogens is 191 g/mol. The molecule has 1 unspecified atom stereocenters. The predicted molar refractivity (Wildman–Crippen MR) is 36.2 cm³/mol. The molecule has 1 rings (SSSR count). The molecule has 0 aliphatic carbocycles. The highest BCUT2D eigenvalue weighted by Crippen LogP contribution is 2.26. The van der Waals surface area contributed by atoms with Crippen LogP contribution < -0.4 is 0 Å². The highest BCUT2D eigenvalue weighted by Gasteiger charge is 2.02. The number of alkyl halides is 2. The number of rotatable bonds is 1. The summed E-state index contributed by atoms with van der Waals surface area (Å²) in [6.45, 7) is 0. The van der Waals surface area contributed by atoms with Gasteiger partial charge in [0, 0.05) is 0 Å². The van der Waals surface area contributed by atoms with Gasteiger partial charge in [-0.25, -0.2) is 0 Å². The molecule has 0 N–H and O–H groups in total. The van der Waals surface area contributed by atoms with Crippen LogP contribution in [0.2, 0.25) is 0 Å². The number of halogens is 2. The number of hydrogen-bond donors (Lipinski definition) is 0. The van der Waals surface area contributed by atoms with Crippen molar-refractivity contribution in [2.24, 2.45) is 0 Å². The SMILES string of the molecule is ClC(Br)c1ccco1. The fraction of sp³-hybridized carbons (Fsp3) is 0.200. The van der Waals surface area contributed by atoms with Gasteiger partial charge in [-0.1, -0.05) is 15.9 Å². The molecule has 0 aromatic carbocycles. The van der Waals surface area contributed by atoms with Gasteiger partial charge < -0.3 is 4.42 Å². The van der Waals surface area contributed by atoms with Crippen LogP contribution in [0.3, 0.4) is 0 Å². The molecule has 0 saturated heterocycles. The molecule has 0 bridgehead atoms. The Morgan fingerprint density at radius 2 is 2.50 bits per heavy atom. The molecule has 44 valence electrons. The Bertz CT molecular complexity index is 147. The second kappa shape index (κ2) is 2.55. The van der Waals surface area contributed by atoms with Gasteiger partial charge >= 0.3 is 0 Å². The van der Waals surface area contributed by atoms with E-state index in [4.69, 9.17) is 16.0 Å². The van der Waals surface area contributed by atoms with Crippen molar-refractivity contribution in [3.8, 4) is 0 Å². The van der Waals surface area contributed by atoms with Gasteiger partial charge in [-0.2, -0.15) is 0 Å². The largest absolute Gasteiger partial charge is 0.467 e. The monoisotopic (exact) mass is 194 g/mol. The number of hydrogen-bond acceptors (Lipinski definition) is 1. The van der Waals surface area contributed by atoms with Crippen LogP contribution in [0.5, 0.6) is 0 Å². The van der Waals surface area contributed by atoms with Crippen molar-refractivity contribution in [2.45, 2.75) is 4.29 Å². The van der Waals surface area contributed by atoms with Gasteiger partial charge in [-0.15, -0.1) is 11.6 Å². The third-order valence-corrected chi connectivity index (χ3v) is 1.42. The van der Waals surface area contributed by atoms with Crippen LogP contribution in [0, 0.1) is 0 Å². The van der Waals surface area contributed by atoms with Crippen LogP contribution in [0.4, 0.5) is 0 Å². The summed E-state index contributed by atoms with van der Waals surface area (Å²) in [7, 11) is 0. The first-order chi connectivity index (χ1) is 3.80. The van der Waals surface area contributed by atoms with Gasteiger partial charge in [0.05, 0.1) is 6.26 Å². The van der Waals surface area contributed by atoms with Crippen LogP contribution in [0.15, 0.2) is 22.8 Å². The molecule has 8 heavy (non-hydrogen) atoms. The summed E-state index contributed by atoms with van der Waals surface area (Å²) < 4.78 is 4.72. The molecule has 1 aromatic rings. The topological polar surface area (TPSA) is 13.1 Å². The Balaban J connectivity index is 2.77. The predicted octanol–water partition coefficient (Wildman–Crippen LogP) is 2.91. The van der Waals surface area contributed by atoms with E-state index in [0.717, 1.165) is 5.76 Å². The lowest BCUT2D eigenvalue weighted by Gasteiger charge is -1.90. The molecular formula is C5H4BrClO. The first kappa shape index (κ1) is 6.17. The quantitative estimate of drug-likeness (QED) is 0.628. The Morgan fingerprint density at radius 3 is 2.75 bits per heavy atom. The third kappa shape index (κ3) is 1.26. The molecule has 0 radical (unpaired) electrons. The van der Waals surface area contributed by atoms with E-state index in [-0.39, 0.29) is 4.29 Å². The molecule has 0 amide bonds. The van der Waals surface area contributed by atoms with E-state index in [9.17, 15) is 0 Å². The van der Waals surface area contributed by atoms with E-state index in [1.165, 1.54) is 0 Å². The van der Waals surface area contributed by atoms with Crippen LogP contribution in [-0.4, -0.2) is 0 Å². The Hall–Kier alpha value is 0.0500. The minimum atomic E-state index is -0.197. The average Bonchev–Trinajstić information content (AvgIpc) is 2.12. The lowest BCUT2D eigenvalue weighted by molar-refractivity contribution is 0.528. The van der Waals surface area contributed by atoms with Crippen molar-refractivity contribution < 1.29 is 4.42 Å². The van der Waals surface area contributed by atoms with Crippen molar-refractivity contribution in [3.05, 3.63) is 24.2 Å². The van der Waals surface area contributed by atoms with Crippen molar-refractivity contribution in [2.75, 3.05) is 0 Å². The van der Waals surface area contributed by atoms with E-state index in [1.807, 2.05) is 6.07 Å². The summed E-state index contributed by atoms with van der Waals surface area (Å²) >= 11 is 8.70. The minimum absolute atomic E-state index is 0.197. The van der Waals surface area contributed by atoms with E-state index in [0.29, 0.717) is 0 Å². The van der Waals surface area contributed by atoms with Gasteiger partial charge in [0.1, 0.15) is 10.0 Å². The van der Waals surface area contributed by atoms with Gasteiger partial charge in [-0.05, 0) is 12.1 Å². The second-order valence-electron chi connectivity index (χ2n) is 1.32. The average molecular weight is 195 g/mol.